The van der Waals surface area contributed by atoms with Crippen molar-refractivity contribution in [3.8, 4) is 5.69 Å². The van der Waals surface area contributed by atoms with Crippen LogP contribution in [-0.2, 0) is 0 Å². The minimum Gasteiger partial charge on any atom is -0.354 e. The highest BCUT2D eigenvalue weighted by molar-refractivity contribution is 5.91. The third kappa shape index (κ3) is 1.88. The van der Waals surface area contributed by atoms with Gasteiger partial charge in [-0.3, -0.25) is 4.79 Å². The zero-order valence-electron chi connectivity index (χ0n) is 8.34. The molecule has 1 heterocycles. The number of nitrogens with one attached hydrogen (secondary N) is 1. The number of hydrogen-bond donors (Lipinski definition) is 1. The van der Waals surface area contributed by atoms with E-state index in [-0.39, 0.29) is 5.91 Å². The molecule has 0 aliphatic heterocycles. The highest BCUT2D eigenvalue weighted by Gasteiger charge is 2.06. The Kier molecular flexibility index (Phi) is 2.49. The van der Waals surface area contributed by atoms with Crippen molar-refractivity contribution >= 4 is 5.91 Å². The highest BCUT2D eigenvalue weighted by atomic mass is 16.1. The molecule has 2 rings (SSSR count). The van der Waals surface area contributed by atoms with Crippen LogP contribution in [0, 0.1) is 0 Å². The van der Waals surface area contributed by atoms with Crippen LogP contribution in [0.5, 0.6) is 0 Å². The fourth-order valence-electron chi connectivity index (χ4n) is 1.31. The lowest BCUT2D eigenvalue weighted by Gasteiger charge is -1.99. The molecule has 1 N–H and O–H groups in total. The van der Waals surface area contributed by atoms with Crippen LogP contribution in [0.15, 0.2) is 42.9 Å². The summed E-state index contributed by atoms with van der Waals surface area (Å²) in [5.74, 6) is -0.176. The summed E-state index contributed by atoms with van der Waals surface area (Å²) in [5, 5.41) is 2.53. The summed E-state index contributed by atoms with van der Waals surface area (Å²) < 4.78 is 1.81. The van der Waals surface area contributed by atoms with Crippen LogP contribution in [-0.4, -0.2) is 22.5 Å². The van der Waals surface area contributed by atoms with Gasteiger partial charge in [-0.25, -0.2) is 4.98 Å². The van der Waals surface area contributed by atoms with E-state index < -0.39 is 0 Å². The van der Waals surface area contributed by atoms with Gasteiger partial charge < -0.3 is 9.88 Å². The standard InChI is InChI=1S/C11H11N3O/c1-12-11(15)10-7-14(8-13-10)9-5-3-2-4-6-9/h2-8H,1H3,(H,12,15). The van der Waals surface area contributed by atoms with Gasteiger partial charge in [-0.15, -0.1) is 0 Å². The third-order valence-corrected chi connectivity index (χ3v) is 2.10. The minimum absolute atomic E-state index is 0.176. The van der Waals surface area contributed by atoms with Crippen LogP contribution in [0.2, 0.25) is 0 Å². The average molecular weight is 201 g/mol. The number of rotatable bonds is 2. The Morgan fingerprint density at radius 1 is 1.33 bits per heavy atom. The van der Waals surface area contributed by atoms with Gasteiger partial charge in [-0.05, 0) is 12.1 Å². The van der Waals surface area contributed by atoms with Gasteiger partial charge >= 0.3 is 0 Å². The SMILES string of the molecule is CNC(=O)c1cn(-c2ccccc2)cn1. The van der Waals surface area contributed by atoms with E-state index in [0.717, 1.165) is 5.69 Å². The zero-order valence-corrected chi connectivity index (χ0v) is 8.34. The van der Waals surface area contributed by atoms with Gasteiger partial charge in [0, 0.05) is 18.9 Å². The number of nitrogens with zero attached hydrogens (tertiary/aromatic N) is 2. The Balaban J connectivity index is 2.32. The molecule has 0 bridgehead atoms. The molecular formula is C11H11N3O. The molecule has 0 saturated heterocycles. The summed E-state index contributed by atoms with van der Waals surface area (Å²) in [5.41, 5.74) is 1.40. The monoisotopic (exact) mass is 201 g/mol. The largest absolute Gasteiger partial charge is 0.354 e. The van der Waals surface area contributed by atoms with Crippen LogP contribution in [0.3, 0.4) is 0 Å². The Hall–Kier alpha value is -2.10. The lowest BCUT2D eigenvalue weighted by molar-refractivity contribution is 0.0958. The van der Waals surface area contributed by atoms with Gasteiger partial charge in [-0.1, -0.05) is 18.2 Å². The van der Waals surface area contributed by atoms with E-state index in [4.69, 9.17) is 0 Å². The Bertz CT molecular complexity index is 462. The molecule has 1 aromatic heterocycles. The van der Waals surface area contributed by atoms with Crippen LogP contribution in [0.1, 0.15) is 10.5 Å². The van der Waals surface area contributed by atoms with Gasteiger partial charge in [0.05, 0.1) is 0 Å². The summed E-state index contributed by atoms with van der Waals surface area (Å²) in [7, 11) is 1.59. The lowest BCUT2D eigenvalue weighted by atomic mass is 10.3. The van der Waals surface area contributed by atoms with Gasteiger partial charge in [0.1, 0.15) is 12.0 Å². The Labute approximate surface area is 87.6 Å². The molecule has 0 spiro atoms. The van der Waals surface area contributed by atoms with E-state index in [1.54, 1.807) is 19.6 Å². The van der Waals surface area contributed by atoms with Crippen molar-refractivity contribution in [2.24, 2.45) is 0 Å². The van der Waals surface area contributed by atoms with Crippen molar-refractivity contribution in [3.05, 3.63) is 48.5 Å². The summed E-state index contributed by atoms with van der Waals surface area (Å²) in [6, 6.07) is 9.73. The van der Waals surface area contributed by atoms with E-state index >= 15 is 0 Å². The van der Waals surface area contributed by atoms with E-state index in [0.29, 0.717) is 5.69 Å². The highest BCUT2D eigenvalue weighted by Crippen LogP contribution is 2.07. The number of aromatic nitrogens is 2. The van der Waals surface area contributed by atoms with Crippen molar-refractivity contribution in [2.75, 3.05) is 7.05 Å². The normalized spacial score (nSPS) is 9.93. The molecule has 0 unspecified atom stereocenters. The molecular weight excluding hydrogens is 190 g/mol. The molecule has 4 nitrogen and oxygen atoms in total. The quantitative estimate of drug-likeness (QED) is 0.794. The number of carbonyl (C=O) groups excluding carboxylic acids is 1. The molecule has 0 atom stereocenters. The summed E-state index contributed by atoms with van der Waals surface area (Å²) in [6.45, 7) is 0. The number of carbonyl (C=O) groups is 1. The third-order valence-electron chi connectivity index (χ3n) is 2.10. The average Bonchev–Trinajstić information content (AvgIpc) is 2.78. The van der Waals surface area contributed by atoms with Gasteiger partial charge in [0.15, 0.2) is 0 Å². The molecule has 0 aliphatic carbocycles. The summed E-state index contributed by atoms with van der Waals surface area (Å²) in [6.07, 6.45) is 3.33. The molecule has 0 aliphatic rings. The fourth-order valence-corrected chi connectivity index (χ4v) is 1.31. The predicted octanol–water partition coefficient (Wildman–Crippen LogP) is 1.23. The van der Waals surface area contributed by atoms with Crippen molar-refractivity contribution in [1.29, 1.82) is 0 Å². The second-order valence-corrected chi connectivity index (χ2v) is 3.08. The number of imidazole rings is 1. The van der Waals surface area contributed by atoms with Crippen LogP contribution in [0.4, 0.5) is 0 Å². The van der Waals surface area contributed by atoms with E-state index in [9.17, 15) is 4.79 Å². The number of para-hydroxylation sites is 1. The molecule has 0 saturated carbocycles. The first-order chi connectivity index (χ1) is 7.31. The molecule has 4 heteroatoms. The van der Waals surface area contributed by atoms with Crippen molar-refractivity contribution in [1.82, 2.24) is 14.9 Å². The first-order valence-electron chi connectivity index (χ1n) is 4.63. The van der Waals surface area contributed by atoms with E-state index in [1.807, 2.05) is 34.9 Å². The van der Waals surface area contributed by atoms with Crippen molar-refractivity contribution in [2.45, 2.75) is 0 Å². The van der Waals surface area contributed by atoms with Crippen LogP contribution < -0.4 is 5.32 Å². The maximum Gasteiger partial charge on any atom is 0.271 e. The maximum atomic E-state index is 11.3. The maximum absolute atomic E-state index is 11.3. The van der Waals surface area contributed by atoms with Crippen LogP contribution >= 0.6 is 0 Å². The Morgan fingerprint density at radius 3 is 2.73 bits per heavy atom. The molecule has 1 aromatic carbocycles. The topological polar surface area (TPSA) is 46.9 Å². The second kappa shape index (κ2) is 3.96. The molecule has 0 radical (unpaired) electrons. The fraction of sp³-hybridized carbons (Fsp3) is 0.0909. The van der Waals surface area contributed by atoms with Gasteiger partial charge in [0.2, 0.25) is 0 Å². The zero-order chi connectivity index (χ0) is 10.7. The molecule has 15 heavy (non-hydrogen) atoms. The summed E-state index contributed by atoms with van der Waals surface area (Å²) >= 11 is 0. The van der Waals surface area contributed by atoms with Crippen molar-refractivity contribution < 1.29 is 4.79 Å². The summed E-state index contributed by atoms with van der Waals surface area (Å²) in [4.78, 5) is 15.3. The van der Waals surface area contributed by atoms with E-state index in [1.165, 1.54) is 0 Å². The predicted molar refractivity (Wildman–Crippen MR) is 57.0 cm³/mol. The lowest BCUT2D eigenvalue weighted by Crippen LogP contribution is -2.17. The second-order valence-electron chi connectivity index (χ2n) is 3.08. The number of hydrogen-bond acceptors (Lipinski definition) is 2. The van der Waals surface area contributed by atoms with Gasteiger partial charge in [-0.2, -0.15) is 0 Å². The van der Waals surface area contributed by atoms with E-state index in [2.05, 4.69) is 10.3 Å². The number of amides is 1. The molecule has 0 fully saturated rings. The molecule has 2 aromatic rings. The van der Waals surface area contributed by atoms with Crippen molar-refractivity contribution in [3.63, 3.8) is 0 Å². The number of benzene rings is 1. The Morgan fingerprint density at radius 2 is 2.07 bits per heavy atom. The molecule has 1 amide bonds. The van der Waals surface area contributed by atoms with Crippen LogP contribution in [0.25, 0.3) is 5.69 Å². The first kappa shape index (κ1) is 9.45. The minimum atomic E-state index is -0.176. The first-order valence-corrected chi connectivity index (χ1v) is 4.63. The van der Waals surface area contributed by atoms with Gasteiger partial charge in [0.25, 0.3) is 5.91 Å². The smallest absolute Gasteiger partial charge is 0.271 e. The molecule has 76 valence electrons.